The lowest BCUT2D eigenvalue weighted by molar-refractivity contribution is 0.244. The first-order chi connectivity index (χ1) is 3.91. The molecule has 0 unspecified atom stereocenters. The smallest absolute Gasteiger partial charge is 0.0898 e. The summed E-state index contributed by atoms with van der Waals surface area (Å²) in [6.07, 6.45) is 3.98. The van der Waals surface area contributed by atoms with Gasteiger partial charge in [0.1, 0.15) is 0 Å². The fourth-order valence-electron chi connectivity index (χ4n) is 0.332. The maximum Gasteiger partial charge on any atom is 0.0898 e. The maximum absolute atomic E-state index is 5.00. The molecule has 0 amide bonds. The molecule has 0 spiro atoms. The minimum Gasteiger partial charge on any atom is -0.501 e. The Morgan fingerprint density at radius 3 is 2.88 bits per heavy atom. The lowest BCUT2D eigenvalue weighted by Gasteiger charge is -1.94. The third kappa shape index (κ3) is 6.02. The lowest BCUT2D eigenvalue weighted by Crippen LogP contribution is -1.83. The van der Waals surface area contributed by atoms with Gasteiger partial charge in [-0.05, 0) is 6.42 Å². The summed E-state index contributed by atoms with van der Waals surface area (Å²) in [5, 5.41) is 0. The number of rotatable bonds is 4. The molecule has 0 fully saturated rings. The van der Waals surface area contributed by atoms with E-state index >= 15 is 0 Å². The number of halogens is 1. The quantitative estimate of drug-likeness (QED) is 0.476. The van der Waals surface area contributed by atoms with Crippen LogP contribution in [0.4, 0.5) is 0 Å². The fourth-order valence-corrected chi connectivity index (χ4v) is 0.485. The van der Waals surface area contributed by atoms with Crippen LogP contribution in [0.2, 0.25) is 0 Å². The highest BCUT2D eigenvalue weighted by Gasteiger charge is 1.77. The summed E-state index contributed by atoms with van der Waals surface area (Å²) in [6, 6.07) is 0. The Bertz CT molecular complexity index is 61.5. The van der Waals surface area contributed by atoms with Gasteiger partial charge in [0.25, 0.3) is 0 Å². The molecule has 0 aliphatic carbocycles. The molecule has 2 heteroatoms. The standard InChI is InChI=1S/C6H11BrO/c1-2-3-5-8-6-4-7/h4,6H,2-3,5H2,1H3/b6-4+. The van der Waals surface area contributed by atoms with Crippen LogP contribution in [-0.2, 0) is 4.74 Å². The Hall–Kier alpha value is 0.0200. The van der Waals surface area contributed by atoms with Crippen molar-refractivity contribution in [2.45, 2.75) is 19.8 Å². The van der Waals surface area contributed by atoms with E-state index in [4.69, 9.17) is 4.74 Å². The molecule has 8 heavy (non-hydrogen) atoms. The van der Waals surface area contributed by atoms with Crippen molar-refractivity contribution in [3.05, 3.63) is 11.2 Å². The van der Waals surface area contributed by atoms with E-state index in [1.165, 1.54) is 6.42 Å². The van der Waals surface area contributed by atoms with E-state index in [9.17, 15) is 0 Å². The second-order valence-electron chi connectivity index (χ2n) is 1.49. The minimum atomic E-state index is 0.832. The van der Waals surface area contributed by atoms with Crippen LogP contribution in [0.15, 0.2) is 11.2 Å². The van der Waals surface area contributed by atoms with Gasteiger partial charge < -0.3 is 4.74 Å². The maximum atomic E-state index is 5.00. The summed E-state index contributed by atoms with van der Waals surface area (Å²) >= 11 is 3.10. The molecule has 0 aliphatic rings. The van der Waals surface area contributed by atoms with Gasteiger partial charge in [-0.15, -0.1) is 0 Å². The van der Waals surface area contributed by atoms with E-state index in [0.717, 1.165) is 13.0 Å². The fraction of sp³-hybridized carbons (Fsp3) is 0.667. The van der Waals surface area contributed by atoms with Crippen LogP contribution in [0.3, 0.4) is 0 Å². The summed E-state index contributed by atoms with van der Waals surface area (Å²) in [5.41, 5.74) is 0. The summed E-state index contributed by atoms with van der Waals surface area (Å²) in [7, 11) is 0. The van der Waals surface area contributed by atoms with Crippen molar-refractivity contribution in [3.8, 4) is 0 Å². The Morgan fingerprint density at radius 1 is 1.62 bits per heavy atom. The molecule has 0 radical (unpaired) electrons. The lowest BCUT2D eigenvalue weighted by atomic mass is 10.4. The molecule has 0 saturated carbocycles. The summed E-state index contributed by atoms with van der Waals surface area (Å²) in [6.45, 7) is 2.97. The molecule has 0 rings (SSSR count). The molecular formula is C6H11BrO. The van der Waals surface area contributed by atoms with Gasteiger partial charge in [-0.1, -0.05) is 29.3 Å². The van der Waals surface area contributed by atoms with Crippen molar-refractivity contribution in [1.29, 1.82) is 0 Å². The average molecular weight is 179 g/mol. The monoisotopic (exact) mass is 178 g/mol. The SMILES string of the molecule is CCCCO/C=C/Br. The van der Waals surface area contributed by atoms with Gasteiger partial charge in [-0.3, -0.25) is 0 Å². The van der Waals surface area contributed by atoms with Crippen molar-refractivity contribution >= 4 is 15.9 Å². The van der Waals surface area contributed by atoms with E-state index in [-0.39, 0.29) is 0 Å². The molecule has 1 nitrogen and oxygen atoms in total. The highest BCUT2D eigenvalue weighted by molar-refractivity contribution is 9.11. The van der Waals surface area contributed by atoms with Crippen LogP contribution < -0.4 is 0 Å². The van der Waals surface area contributed by atoms with Crippen LogP contribution in [0, 0.1) is 0 Å². The van der Waals surface area contributed by atoms with E-state index in [1.54, 1.807) is 11.2 Å². The average Bonchev–Trinajstić information content (AvgIpc) is 1.81. The predicted octanol–water partition coefficient (Wildman–Crippen LogP) is 2.67. The van der Waals surface area contributed by atoms with Crippen LogP contribution in [0.5, 0.6) is 0 Å². The number of unbranched alkanes of at least 4 members (excludes halogenated alkanes) is 1. The number of hydrogen-bond donors (Lipinski definition) is 0. The zero-order chi connectivity index (χ0) is 6.24. The van der Waals surface area contributed by atoms with Crippen LogP contribution in [0.25, 0.3) is 0 Å². The van der Waals surface area contributed by atoms with Crippen LogP contribution in [-0.4, -0.2) is 6.61 Å². The molecule has 0 N–H and O–H groups in total. The molecule has 0 atom stereocenters. The molecule has 0 aliphatic heterocycles. The van der Waals surface area contributed by atoms with Gasteiger partial charge in [-0.2, -0.15) is 0 Å². The van der Waals surface area contributed by atoms with Crippen molar-refractivity contribution in [2.75, 3.05) is 6.61 Å². The van der Waals surface area contributed by atoms with Gasteiger partial charge in [-0.25, -0.2) is 0 Å². The highest BCUT2D eigenvalue weighted by atomic mass is 79.9. The normalized spacial score (nSPS) is 10.2. The molecule has 48 valence electrons. The first kappa shape index (κ1) is 8.02. The van der Waals surface area contributed by atoms with Gasteiger partial charge in [0, 0.05) is 4.99 Å². The first-order valence-corrected chi connectivity index (χ1v) is 3.70. The Kier molecular flexibility index (Phi) is 7.04. The van der Waals surface area contributed by atoms with Gasteiger partial charge in [0.05, 0.1) is 12.9 Å². The number of hydrogen-bond acceptors (Lipinski definition) is 1. The van der Waals surface area contributed by atoms with E-state index in [2.05, 4.69) is 22.9 Å². The molecular weight excluding hydrogens is 168 g/mol. The van der Waals surface area contributed by atoms with E-state index in [1.807, 2.05) is 0 Å². The number of ether oxygens (including phenoxy) is 1. The van der Waals surface area contributed by atoms with Crippen LogP contribution >= 0.6 is 15.9 Å². The Labute approximate surface area is 58.9 Å². The van der Waals surface area contributed by atoms with Gasteiger partial charge in [0.2, 0.25) is 0 Å². The zero-order valence-corrected chi connectivity index (χ0v) is 6.65. The largest absolute Gasteiger partial charge is 0.501 e. The zero-order valence-electron chi connectivity index (χ0n) is 5.06. The first-order valence-electron chi connectivity index (χ1n) is 2.78. The van der Waals surface area contributed by atoms with Crippen molar-refractivity contribution in [3.63, 3.8) is 0 Å². The van der Waals surface area contributed by atoms with E-state index < -0.39 is 0 Å². The Balaban J connectivity index is 2.72. The van der Waals surface area contributed by atoms with Crippen molar-refractivity contribution in [2.24, 2.45) is 0 Å². The molecule has 0 aromatic rings. The molecule has 0 heterocycles. The second-order valence-corrected chi connectivity index (χ2v) is 2.02. The highest BCUT2D eigenvalue weighted by Crippen LogP contribution is 1.89. The molecule has 0 aromatic heterocycles. The molecule has 0 saturated heterocycles. The third-order valence-corrected chi connectivity index (χ3v) is 0.979. The summed E-state index contributed by atoms with van der Waals surface area (Å²) < 4.78 is 5.00. The topological polar surface area (TPSA) is 9.23 Å². The minimum absolute atomic E-state index is 0.832. The van der Waals surface area contributed by atoms with Crippen LogP contribution in [0.1, 0.15) is 19.8 Å². The predicted molar refractivity (Wildman–Crippen MR) is 38.9 cm³/mol. The van der Waals surface area contributed by atoms with Crippen molar-refractivity contribution in [1.82, 2.24) is 0 Å². The van der Waals surface area contributed by atoms with Gasteiger partial charge in [0.15, 0.2) is 0 Å². The molecule has 0 aromatic carbocycles. The third-order valence-electron chi connectivity index (χ3n) is 0.763. The summed E-state index contributed by atoms with van der Waals surface area (Å²) in [4.78, 5) is 1.71. The van der Waals surface area contributed by atoms with E-state index in [0.29, 0.717) is 0 Å². The summed E-state index contributed by atoms with van der Waals surface area (Å²) in [5.74, 6) is 0. The van der Waals surface area contributed by atoms with Crippen molar-refractivity contribution < 1.29 is 4.74 Å². The Morgan fingerprint density at radius 2 is 2.38 bits per heavy atom. The second kappa shape index (κ2) is 7.02. The van der Waals surface area contributed by atoms with Gasteiger partial charge >= 0.3 is 0 Å². The molecule has 0 bridgehead atoms.